The summed E-state index contributed by atoms with van der Waals surface area (Å²) < 4.78 is 42.5. The summed E-state index contributed by atoms with van der Waals surface area (Å²) in [5.74, 6) is -0.525. The van der Waals surface area contributed by atoms with Crippen molar-refractivity contribution in [2.24, 2.45) is 34.6 Å². The Kier molecular flexibility index (Phi) is 6.00. The van der Waals surface area contributed by atoms with Gasteiger partial charge in [0.1, 0.15) is 5.54 Å². The Bertz CT molecular complexity index is 992. The fourth-order valence-electron chi connectivity index (χ4n) is 7.27. The number of nitrogens with one attached hydrogen (secondary N) is 1. The highest BCUT2D eigenvalue weighted by Gasteiger charge is 2.67. The van der Waals surface area contributed by atoms with Gasteiger partial charge in [0.15, 0.2) is 0 Å². The molecule has 35 heavy (non-hydrogen) atoms. The number of nitrogens with two attached hydrogens (primary N) is 2. The van der Waals surface area contributed by atoms with Crippen LogP contribution in [0.15, 0.2) is 0 Å². The third-order valence-corrected chi connectivity index (χ3v) is 11.9. The number of aliphatic carboxylic acids is 1. The van der Waals surface area contributed by atoms with Gasteiger partial charge in [0.05, 0.1) is 11.7 Å². The number of hydrogen-bond donors (Lipinski definition) is 4. The molecule has 6 rings (SSSR count). The van der Waals surface area contributed by atoms with Crippen molar-refractivity contribution in [3.8, 4) is 0 Å². The molecule has 0 aromatic heterocycles. The largest absolute Gasteiger partial charge is 0.480 e. The van der Waals surface area contributed by atoms with E-state index in [-0.39, 0.29) is 37.3 Å². The molecule has 4 aliphatic carbocycles. The van der Waals surface area contributed by atoms with E-state index in [1.807, 2.05) is 0 Å². The molecule has 10 nitrogen and oxygen atoms in total. The van der Waals surface area contributed by atoms with Gasteiger partial charge in [-0.1, -0.05) is 20.3 Å². The summed E-state index contributed by atoms with van der Waals surface area (Å²) in [5.41, 5.74) is 10.3. The normalized spacial score (nSPS) is 42.4. The summed E-state index contributed by atoms with van der Waals surface area (Å²) in [5, 5.41) is 9.88. The van der Waals surface area contributed by atoms with Crippen LogP contribution in [0, 0.1) is 23.2 Å². The molecule has 2 heterocycles. The van der Waals surface area contributed by atoms with Gasteiger partial charge in [-0.25, -0.2) is 0 Å². The molecule has 6 fully saturated rings. The van der Waals surface area contributed by atoms with E-state index in [9.17, 15) is 18.3 Å². The minimum absolute atomic E-state index is 0.0626. The second-order valence-electron chi connectivity index (χ2n) is 12.7. The Balaban J connectivity index is 1.18. The van der Waals surface area contributed by atoms with E-state index < -0.39 is 39.2 Å². The predicted octanol–water partition coefficient (Wildman–Crippen LogP) is 0.923. The first-order valence-electron chi connectivity index (χ1n) is 13.0. The Morgan fingerprint density at radius 3 is 2.54 bits per heavy atom. The molecule has 0 amide bonds. The number of carboxylic acid groups (broad SMARTS) is 1. The highest BCUT2D eigenvalue weighted by atomic mass is 32.2. The number of carboxylic acids is 1. The maximum Gasteiger partial charge on any atom is 0.457 e. The Morgan fingerprint density at radius 2 is 1.94 bits per heavy atom. The summed E-state index contributed by atoms with van der Waals surface area (Å²) in [7, 11) is -4.22. The topological polar surface area (TPSA) is 157 Å². The molecule has 2 bridgehead atoms. The molecule has 12 heteroatoms. The fourth-order valence-corrected chi connectivity index (χ4v) is 8.86. The van der Waals surface area contributed by atoms with E-state index in [0.29, 0.717) is 31.0 Å². The van der Waals surface area contributed by atoms with Gasteiger partial charge < -0.3 is 25.9 Å². The van der Waals surface area contributed by atoms with Gasteiger partial charge in [-0.2, -0.15) is 17.4 Å². The first kappa shape index (κ1) is 25.9. The molecule has 2 saturated heterocycles. The van der Waals surface area contributed by atoms with E-state index in [0.717, 1.165) is 19.3 Å². The molecule has 6 N–H and O–H groups in total. The van der Waals surface area contributed by atoms with Crippen LogP contribution in [-0.2, 0) is 24.3 Å². The van der Waals surface area contributed by atoms with Crippen molar-refractivity contribution < 1.29 is 27.6 Å². The zero-order valence-corrected chi connectivity index (χ0v) is 22.1. The molecule has 0 aromatic carbocycles. The second kappa shape index (κ2) is 8.12. The average Bonchev–Trinajstić information content (AvgIpc) is 3.27. The summed E-state index contributed by atoms with van der Waals surface area (Å²) in [6, 6.07) is -0.429. The van der Waals surface area contributed by atoms with Gasteiger partial charge in [0.2, 0.25) is 0 Å². The van der Waals surface area contributed by atoms with Gasteiger partial charge in [0.25, 0.3) is 10.2 Å². The lowest BCUT2D eigenvalue weighted by atomic mass is 9.43. The number of carbonyl (C=O) groups is 1. The average molecular weight is 512 g/mol. The minimum Gasteiger partial charge on any atom is -0.480 e. The standard InChI is InChI=1S/C23H41BN4O6S/c1-14(22(25)7-8-22)27-35(31,32)28-12-15(23(26,13-28)19(29)30)6-5-9-24-33-18-11-16-10-17(20(16,2)3)21(18,4)34-24/h14-18,27H,5-13,25-26H2,1-4H3,(H,29,30)/t14-,15+,16-,17-,18+,21-,23+/m1/s1. The number of nitrogens with zero attached hydrogens (tertiary/aromatic N) is 1. The Hall–Kier alpha value is -0.755. The van der Waals surface area contributed by atoms with Crippen molar-refractivity contribution in [1.29, 1.82) is 0 Å². The van der Waals surface area contributed by atoms with Crippen LogP contribution in [0.25, 0.3) is 0 Å². The third-order valence-electron chi connectivity index (χ3n) is 10.3. The van der Waals surface area contributed by atoms with E-state index in [4.69, 9.17) is 20.8 Å². The van der Waals surface area contributed by atoms with Crippen LogP contribution in [0.1, 0.15) is 66.2 Å². The van der Waals surface area contributed by atoms with Crippen molar-refractivity contribution in [3.63, 3.8) is 0 Å². The zero-order valence-electron chi connectivity index (χ0n) is 21.3. The maximum absolute atomic E-state index is 13.0. The molecular formula is C23H41BN4O6S. The summed E-state index contributed by atoms with van der Waals surface area (Å²) in [6.07, 6.45) is 5.60. The molecule has 0 spiro atoms. The molecule has 7 atom stereocenters. The summed E-state index contributed by atoms with van der Waals surface area (Å²) in [4.78, 5) is 12.1. The molecular weight excluding hydrogens is 471 g/mol. The Labute approximate surface area is 209 Å². The van der Waals surface area contributed by atoms with Crippen molar-refractivity contribution in [2.45, 2.75) is 101 Å². The van der Waals surface area contributed by atoms with Crippen LogP contribution in [-0.4, -0.2) is 72.8 Å². The molecule has 4 saturated carbocycles. The number of rotatable bonds is 9. The van der Waals surface area contributed by atoms with Crippen molar-refractivity contribution >= 4 is 23.3 Å². The lowest BCUT2D eigenvalue weighted by Gasteiger charge is -2.64. The monoisotopic (exact) mass is 512 g/mol. The van der Waals surface area contributed by atoms with Crippen LogP contribution < -0.4 is 16.2 Å². The zero-order chi connectivity index (χ0) is 25.6. The lowest BCUT2D eigenvalue weighted by Crippen LogP contribution is -2.65. The highest BCUT2D eigenvalue weighted by molar-refractivity contribution is 7.87. The van der Waals surface area contributed by atoms with Gasteiger partial charge in [-0.3, -0.25) is 4.79 Å². The SMILES string of the molecule is C[C@@H](NS(=O)(=O)N1C[C@H](CCCB2O[C@H]3C[C@H]4C[C@H](C4(C)C)[C@@]3(C)O2)[C@](N)(C(=O)O)C1)C1(N)CC1. The predicted molar refractivity (Wildman–Crippen MR) is 131 cm³/mol. The highest BCUT2D eigenvalue weighted by Crippen LogP contribution is 2.65. The fraction of sp³-hybridized carbons (Fsp3) is 0.957. The third kappa shape index (κ3) is 4.07. The van der Waals surface area contributed by atoms with E-state index in [1.54, 1.807) is 6.92 Å². The molecule has 0 unspecified atom stereocenters. The van der Waals surface area contributed by atoms with Gasteiger partial charge in [0, 0.05) is 30.6 Å². The van der Waals surface area contributed by atoms with Crippen molar-refractivity contribution in [3.05, 3.63) is 0 Å². The lowest BCUT2D eigenvalue weighted by molar-refractivity contribution is -0.199. The van der Waals surface area contributed by atoms with E-state index >= 15 is 0 Å². The second-order valence-corrected chi connectivity index (χ2v) is 14.4. The summed E-state index contributed by atoms with van der Waals surface area (Å²) in [6.45, 7) is 8.37. The first-order valence-corrected chi connectivity index (χ1v) is 14.5. The van der Waals surface area contributed by atoms with Gasteiger partial charge >= 0.3 is 13.1 Å². The van der Waals surface area contributed by atoms with Gasteiger partial charge in [-0.15, -0.1) is 0 Å². The van der Waals surface area contributed by atoms with Crippen LogP contribution in [0.2, 0.25) is 6.32 Å². The molecule has 0 radical (unpaired) electrons. The molecule has 198 valence electrons. The molecule has 2 aliphatic heterocycles. The minimum atomic E-state index is -3.91. The van der Waals surface area contributed by atoms with Crippen LogP contribution in [0.5, 0.6) is 0 Å². The molecule has 6 aliphatic rings. The Morgan fingerprint density at radius 1 is 1.26 bits per heavy atom. The molecule has 0 aromatic rings. The summed E-state index contributed by atoms with van der Waals surface area (Å²) >= 11 is 0. The quantitative estimate of drug-likeness (QED) is 0.332. The van der Waals surface area contributed by atoms with Crippen LogP contribution >= 0.6 is 0 Å². The van der Waals surface area contributed by atoms with Crippen molar-refractivity contribution in [1.82, 2.24) is 9.03 Å². The van der Waals surface area contributed by atoms with Gasteiger partial charge in [-0.05, 0) is 69.5 Å². The van der Waals surface area contributed by atoms with Crippen molar-refractivity contribution in [2.75, 3.05) is 13.1 Å². The van der Waals surface area contributed by atoms with Crippen LogP contribution in [0.3, 0.4) is 0 Å². The van der Waals surface area contributed by atoms with E-state index in [1.165, 1.54) is 10.7 Å². The smallest absolute Gasteiger partial charge is 0.457 e. The number of hydrogen-bond acceptors (Lipinski definition) is 7. The first-order chi connectivity index (χ1) is 16.1. The maximum atomic E-state index is 13.0. The van der Waals surface area contributed by atoms with E-state index in [2.05, 4.69) is 25.5 Å². The van der Waals surface area contributed by atoms with Crippen LogP contribution in [0.4, 0.5) is 0 Å².